The predicted octanol–water partition coefficient (Wildman–Crippen LogP) is -0.198. The number of hydrogen-bond donors (Lipinski definition) is 1. The van der Waals surface area contributed by atoms with E-state index in [1.54, 1.807) is 11.0 Å². The molecule has 1 N–H and O–H groups in total. The molecule has 2 rings (SSSR count). The lowest BCUT2D eigenvalue weighted by atomic mass is 10.1. The van der Waals surface area contributed by atoms with Crippen LogP contribution in [0.5, 0.6) is 0 Å². The molecule has 0 bridgehead atoms. The van der Waals surface area contributed by atoms with Crippen molar-refractivity contribution in [1.82, 2.24) is 20.3 Å². The van der Waals surface area contributed by atoms with E-state index in [4.69, 9.17) is 0 Å². The normalized spacial score (nSPS) is 16.3. The van der Waals surface area contributed by atoms with Gasteiger partial charge in [-0.15, -0.1) is 0 Å². The summed E-state index contributed by atoms with van der Waals surface area (Å²) in [6, 6.07) is 0. The van der Waals surface area contributed by atoms with Crippen LogP contribution in [0.25, 0.3) is 6.08 Å². The van der Waals surface area contributed by atoms with Crippen LogP contribution in [-0.4, -0.2) is 28.1 Å². The molecule has 4 nitrogen and oxygen atoms in total. The van der Waals surface area contributed by atoms with Crippen LogP contribution in [0.2, 0.25) is 0 Å². The van der Waals surface area contributed by atoms with Gasteiger partial charge in [-0.25, -0.2) is 0 Å². The molecule has 0 spiro atoms. The minimum Gasteiger partial charge on any atom is -0.309 e. The van der Waals surface area contributed by atoms with Gasteiger partial charge in [-0.05, 0) is 11.6 Å². The summed E-state index contributed by atoms with van der Waals surface area (Å²) in [5.74, 6) is 0. The van der Waals surface area contributed by atoms with Crippen LogP contribution >= 0.6 is 0 Å². The molecule has 0 amide bonds. The molecule has 1 aromatic heterocycles. The number of aryl methyl sites for hydroxylation is 1. The standard InChI is InChI=1S/C7H10N4/c1-11-9-5-7(10-11)2-6-3-8-4-6/h2,5,8H,3-4H2,1H3. The van der Waals surface area contributed by atoms with Gasteiger partial charge in [0.05, 0.1) is 6.20 Å². The van der Waals surface area contributed by atoms with Gasteiger partial charge in [-0.3, -0.25) is 0 Å². The first kappa shape index (κ1) is 6.54. The quantitative estimate of drug-likeness (QED) is 0.603. The van der Waals surface area contributed by atoms with E-state index in [-0.39, 0.29) is 0 Å². The molecule has 0 radical (unpaired) electrons. The molecule has 0 saturated carbocycles. The van der Waals surface area contributed by atoms with Crippen molar-refractivity contribution in [2.75, 3.05) is 13.1 Å². The Morgan fingerprint density at radius 3 is 2.91 bits per heavy atom. The first-order valence-corrected chi connectivity index (χ1v) is 3.61. The maximum Gasteiger partial charge on any atom is 0.105 e. The molecule has 1 fully saturated rings. The zero-order chi connectivity index (χ0) is 7.68. The van der Waals surface area contributed by atoms with Crippen LogP contribution in [0, 0.1) is 0 Å². The van der Waals surface area contributed by atoms with Crippen LogP contribution in [0.1, 0.15) is 5.69 Å². The molecule has 11 heavy (non-hydrogen) atoms. The molecule has 1 aliphatic heterocycles. The Hall–Kier alpha value is -1.16. The minimum absolute atomic E-state index is 0.948. The third-order valence-electron chi connectivity index (χ3n) is 1.67. The second kappa shape index (κ2) is 2.47. The summed E-state index contributed by atoms with van der Waals surface area (Å²) in [6.45, 7) is 1.99. The monoisotopic (exact) mass is 150 g/mol. The first-order chi connectivity index (χ1) is 5.34. The van der Waals surface area contributed by atoms with Crippen molar-refractivity contribution in [2.45, 2.75) is 0 Å². The van der Waals surface area contributed by atoms with Crippen LogP contribution in [0.4, 0.5) is 0 Å². The van der Waals surface area contributed by atoms with E-state index >= 15 is 0 Å². The topological polar surface area (TPSA) is 42.7 Å². The van der Waals surface area contributed by atoms with E-state index in [1.165, 1.54) is 5.57 Å². The Bertz CT molecular complexity index is 280. The van der Waals surface area contributed by atoms with Gasteiger partial charge in [0.25, 0.3) is 0 Å². The Morgan fingerprint density at radius 1 is 1.64 bits per heavy atom. The number of rotatable bonds is 1. The van der Waals surface area contributed by atoms with Crippen LogP contribution in [0.3, 0.4) is 0 Å². The van der Waals surface area contributed by atoms with Crippen molar-refractivity contribution in [3.05, 3.63) is 17.5 Å². The molecular weight excluding hydrogens is 140 g/mol. The zero-order valence-electron chi connectivity index (χ0n) is 6.41. The van der Waals surface area contributed by atoms with E-state index in [1.807, 2.05) is 7.05 Å². The highest BCUT2D eigenvalue weighted by Gasteiger charge is 2.07. The van der Waals surface area contributed by atoms with Crippen LogP contribution in [0.15, 0.2) is 11.8 Å². The fraction of sp³-hybridized carbons (Fsp3) is 0.429. The summed E-state index contributed by atoms with van der Waals surface area (Å²) in [4.78, 5) is 1.57. The minimum atomic E-state index is 0.948. The van der Waals surface area contributed by atoms with Gasteiger partial charge in [-0.2, -0.15) is 15.0 Å². The van der Waals surface area contributed by atoms with E-state index in [0.29, 0.717) is 0 Å². The van der Waals surface area contributed by atoms with E-state index in [0.717, 1.165) is 18.8 Å². The Labute approximate surface area is 64.9 Å². The molecule has 0 aromatic carbocycles. The summed E-state index contributed by atoms with van der Waals surface area (Å²) in [6.07, 6.45) is 3.84. The summed E-state index contributed by atoms with van der Waals surface area (Å²) >= 11 is 0. The largest absolute Gasteiger partial charge is 0.309 e. The molecule has 2 heterocycles. The van der Waals surface area contributed by atoms with Crippen molar-refractivity contribution in [2.24, 2.45) is 7.05 Å². The number of nitrogens with zero attached hydrogens (tertiary/aromatic N) is 3. The highest BCUT2D eigenvalue weighted by Crippen LogP contribution is 2.05. The molecule has 1 aromatic rings. The summed E-state index contributed by atoms with van der Waals surface area (Å²) < 4.78 is 0. The molecule has 4 heteroatoms. The van der Waals surface area contributed by atoms with E-state index < -0.39 is 0 Å². The highest BCUT2D eigenvalue weighted by molar-refractivity contribution is 5.50. The van der Waals surface area contributed by atoms with Gasteiger partial charge >= 0.3 is 0 Å². The molecule has 1 saturated heterocycles. The molecule has 0 unspecified atom stereocenters. The lowest BCUT2D eigenvalue weighted by Gasteiger charge is -2.17. The van der Waals surface area contributed by atoms with Crippen molar-refractivity contribution in [3.8, 4) is 0 Å². The van der Waals surface area contributed by atoms with Gasteiger partial charge in [0.1, 0.15) is 5.69 Å². The Kier molecular flexibility index (Phi) is 1.47. The van der Waals surface area contributed by atoms with Crippen LogP contribution < -0.4 is 5.32 Å². The summed E-state index contributed by atoms with van der Waals surface area (Å²) in [5, 5.41) is 11.3. The second-order valence-electron chi connectivity index (χ2n) is 2.67. The van der Waals surface area contributed by atoms with Crippen molar-refractivity contribution in [3.63, 3.8) is 0 Å². The highest BCUT2D eigenvalue weighted by atomic mass is 15.4. The van der Waals surface area contributed by atoms with Crippen LogP contribution in [-0.2, 0) is 7.05 Å². The second-order valence-corrected chi connectivity index (χ2v) is 2.67. The average molecular weight is 150 g/mol. The van der Waals surface area contributed by atoms with Gasteiger partial charge in [0.2, 0.25) is 0 Å². The Balaban J connectivity index is 2.17. The van der Waals surface area contributed by atoms with Crippen molar-refractivity contribution in [1.29, 1.82) is 0 Å². The lowest BCUT2D eigenvalue weighted by molar-refractivity contribution is 0.650. The average Bonchev–Trinajstić information content (AvgIpc) is 2.27. The third-order valence-corrected chi connectivity index (χ3v) is 1.67. The predicted molar refractivity (Wildman–Crippen MR) is 41.8 cm³/mol. The summed E-state index contributed by atoms with van der Waals surface area (Å²) in [7, 11) is 1.82. The molecule has 0 aliphatic carbocycles. The number of hydrogen-bond acceptors (Lipinski definition) is 3. The number of aromatic nitrogens is 3. The fourth-order valence-corrected chi connectivity index (χ4v) is 1.01. The van der Waals surface area contributed by atoms with Gasteiger partial charge in [-0.1, -0.05) is 0 Å². The molecule has 1 aliphatic rings. The third kappa shape index (κ3) is 1.30. The Morgan fingerprint density at radius 2 is 2.45 bits per heavy atom. The van der Waals surface area contributed by atoms with Gasteiger partial charge in [0, 0.05) is 20.1 Å². The molecule has 0 atom stereocenters. The van der Waals surface area contributed by atoms with Crippen molar-refractivity contribution >= 4 is 6.08 Å². The zero-order valence-corrected chi connectivity index (χ0v) is 6.41. The number of nitrogens with one attached hydrogen (secondary N) is 1. The summed E-state index contributed by atoms with van der Waals surface area (Å²) in [5.41, 5.74) is 2.34. The molecular formula is C7H10N4. The maximum absolute atomic E-state index is 4.13. The lowest BCUT2D eigenvalue weighted by Crippen LogP contribution is -2.33. The van der Waals surface area contributed by atoms with E-state index in [9.17, 15) is 0 Å². The molecule has 58 valence electrons. The first-order valence-electron chi connectivity index (χ1n) is 3.61. The van der Waals surface area contributed by atoms with Gasteiger partial charge in [0.15, 0.2) is 0 Å². The van der Waals surface area contributed by atoms with Gasteiger partial charge < -0.3 is 5.32 Å². The van der Waals surface area contributed by atoms with E-state index in [2.05, 4.69) is 21.6 Å². The maximum atomic E-state index is 4.13. The fourth-order valence-electron chi connectivity index (χ4n) is 1.01. The SMILES string of the molecule is Cn1ncc(C=C2CNC2)n1. The smallest absolute Gasteiger partial charge is 0.105 e. The van der Waals surface area contributed by atoms with Crippen molar-refractivity contribution < 1.29 is 0 Å².